The first kappa shape index (κ1) is 17.4. The highest BCUT2D eigenvalue weighted by molar-refractivity contribution is 5.80. The Bertz CT molecular complexity index is 509. The molecule has 6 nitrogen and oxygen atoms in total. The zero-order valence-corrected chi connectivity index (χ0v) is 13.6. The number of amides is 2. The standard InChI is InChI=1S/C17H25N3O3/c1-2-3-7-14(12-19(23)13-21)17(22)20-11-6-9-16(20)15-8-4-5-10-18-15/h4-5,8,10,13-14,16,23H,2-3,6-7,9,11-12H2,1H3. The highest BCUT2D eigenvalue weighted by Crippen LogP contribution is 2.32. The van der Waals surface area contributed by atoms with Crippen LogP contribution in [0.4, 0.5) is 0 Å². The van der Waals surface area contributed by atoms with Crippen molar-refractivity contribution in [3.63, 3.8) is 0 Å². The van der Waals surface area contributed by atoms with E-state index in [1.165, 1.54) is 0 Å². The summed E-state index contributed by atoms with van der Waals surface area (Å²) >= 11 is 0. The van der Waals surface area contributed by atoms with E-state index in [2.05, 4.69) is 11.9 Å². The molecule has 0 aromatic carbocycles. The zero-order valence-electron chi connectivity index (χ0n) is 13.6. The van der Waals surface area contributed by atoms with Gasteiger partial charge in [0.15, 0.2) is 0 Å². The minimum absolute atomic E-state index is 0.00352. The zero-order chi connectivity index (χ0) is 16.7. The number of hydrogen-bond donors (Lipinski definition) is 1. The topological polar surface area (TPSA) is 73.7 Å². The number of hydroxylamine groups is 2. The van der Waals surface area contributed by atoms with E-state index in [1.807, 2.05) is 23.1 Å². The SMILES string of the molecule is CCCCC(CN(O)C=O)C(=O)N1CCCC1c1ccccn1. The Balaban J connectivity index is 2.11. The van der Waals surface area contributed by atoms with Gasteiger partial charge in [0, 0.05) is 12.7 Å². The third kappa shape index (κ3) is 4.51. The van der Waals surface area contributed by atoms with Crippen LogP contribution in [0, 0.1) is 5.92 Å². The van der Waals surface area contributed by atoms with E-state index in [9.17, 15) is 14.8 Å². The van der Waals surface area contributed by atoms with Crippen LogP contribution in [0.1, 0.15) is 50.8 Å². The minimum atomic E-state index is -0.366. The molecule has 2 atom stereocenters. The normalized spacial score (nSPS) is 18.7. The Hall–Kier alpha value is -1.95. The van der Waals surface area contributed by atoms with Gasteiger partial charge in [-0.1, -0.05) is 25.8 Å². The van der Waals surface area contributed by atoms with Crippen molar-refractivity contribution in [2.75, 3.05) is 13.1 Å². The molecule has 0 bridgehead atoms. The van der Waals surface area contributed by atoms with Crippen molar-refractivity contribution in [2.45, 2.75) is 45.1 Å². The molecule has 2 unspecified atom stereocenters. The van der Waals surface area contributed by atoms with Crippen molar-refractivity contribution in [1.29, 1.82) is 0 Å². The quantitative estimate of drug-likeness (QED) is 0.453. The van der Waals surface area contributed by atoms with Gasteiger partial charge in [-0.3, -0.25) is 19.8 Å². The summed E-state index contributed by atoms with van der Waals surface area (Å²) in [6.45, 7) is 2.81. The van der Waals surface area contributed by atoms with E-state index in [0.29, 0.717) is 24.4 Å². The fraction of sp³-hybridized carbons (Fsp3) is 0.588. The first-order valence-electron chi connectivity index (χ1n) is 8.29. The molecule has 1 fully saturated rings. The predicted octanol–water partition coefficient (Wildman–Crippen LogP) is 2.40. The molecule has 1 aromatic rings. The number of nitrogens with zero attached hydrogens (tertiary/aromatic N) is 3. The second-order valence-corrected chi connectivity index (χ2v) is 6.01. The summed E-state index contributed by atoms with van der Waals surface area (Å²) in [5.41, 5.74) is 0.906. The molecule has 0 aliphatic carbocycles. The number of unbranched alkanes of at least 4 members (excludes halogenated alkanes) is 1. The minimum Gasteiger partial charge on any atom is -0.334 e. The van der Waals surface area contributed by atoms with Crippen LogP contribution in [0.25, 0.3) is 0 Å². The molecule has 6 heteroatoms. The van der Waals surface area contributed by atoms with Crippen molar-refractivity contribution < 1.29 is 14.8 Å². The van der Waals surface area contributed by atoms with Crippen molar-refractivity contribution in [3.8, 4) is 0 Å². The lowest BCUT2D eigenvalue weighted by molar-refractivity contribution is -0.157. The van der Waals surface area contributed by atoms with Gasteiger partial charge >= 0.3 is 0 Å². The molecule has 1 aliphatic heterocycles. The molecular weight excluding hydrogens is 294 g/mol. The fourth-order valence-corrected chi connectivity index (χ4v) is 3.16. The fourth-order valence-electron chi connectivity index (χ4n) is 3.16. The predicted molar refractivity (Wildman–Crippen MR) is 85.5 cm³/mol. The van der Waals surface area contributed by atoms with E-state index in [-0.39, 0.29) is 24.4 Å². The monoisotopic (exact) mass is 319 g/mol. The molecule has 1 aliphatic rings. The Morgan fingerprint density at radius 3 is 3.04 bits per heavy atom. The van der Waals surface area contributed by atoms with Gasteiger partial charge in [0.05, 0.1) is 24.2 Å². The van der Waals surface area contributed by atoms with Crippen LogP contribution in [0.15, 0.2) is 24.4 Å². The van der Waals surface area contributed by atoms with E-state index in [1.54, 1.807) is 6.20 Å². The van der Waals surface area contributed by atoms with Crippen molar-refractivity contribution >= 4 is 12.3 Å². The number of hydrogen-bond acceptors (Lipinski definition) is 4. The van der Waals surface area contributed by atoms with Gasteiger partial charge in [0.1, 0.15) is 0 Å². The van der Waals surface area contributed by atoms with Gasteiger partial charge in [0.2, 0.25) is 12.3 Å². The summed E-state index contributed by atoms with van der Waals surface area (Å²) < 4.78 is 0. The number of pyridine rings is 1. The molecule has 23 heavy (non-hydrogen) atoms. The van der Waals surface area contributed by atoms with E-state index in [0.717, 1.165) is 31.4 Å². The van der Waals surface area contributed by atoms with E-state index < -0.39 is 0 Å². The molecule has 0 radical (unpaired) electrons. The number of carbonyl (C=O) groups excluding carboxylic acids is 2. The summed E-state index contributed by atoms with van der Waals surface area (Å²) in [4.78, 5) is 29.9. The maximum Gasteiger partial charge on any atom is 0.233 e. The van der Waals surface area contributed by atoms with Crippen LogP contribution in [0.2, 0.25) is 0 Å². The smallest absolute Gasteiger partial charge is 0.233 e. The number of aromatic nitrogens is 1. The van der Waals surface area contributed by atoms with Crippen LogP contribution < -0.4 is 0 Å². The third-order valence-electron chi connectivity index (χ3n) is 4.35. The highest BCUT2D eigenvalue weighted by Gasteiger charge is 2.34. The molecular formula is C17H25N3O3. The second-order valence-electron chi connectivity index (χ2n) is 6.01. The number of likely N-dealkylation sites (tertiary alicyclic amines) is 1. The maximum atomic E-state index is 12.9. The molecule has 1 aromatic heterocycles. The number of carbonyl (C=O) groups is 2. The summed E-state index contributed by atoms with van der Waals surface area (Å²) in [6.07, 6.45) is 6.49. The molecule has 2 rings (SSSR count). The van der Waals surface area contributed by atoms with Gasteiger partial charge in [-0.05, 0) is 31.4 Å². The van der Waals surface area contributed by atoms with Crippen LogP contribution in [-0.2, 0) is 9.59 Å². The van der Waals surface area contributed by atoms with Crippen molar-refractivity contribution in [3.05, 3.63) is 30.1 Å². The lowest BCUT2D eigenvalue weighted by atomic mass is 9.99. The molecule has 0 saturated carbocycles. The lowest BCUT2D eigenvalue weighted by Gasteiger charge is -2.29. The van der Waals surface area contributed by atoms with E-state index >= 15 is 0 Å². The largest absolute Gasteiger partial charge is 0.334 e. The third-order valence-corrected chi connectivity index (χ3v) is 4.35. The first-order valence-corrected chi connectivity index (χ1v) is 8.29. The molecule has 2 amide bonds. The van der Waals surface area contributed by atoms with Crippen LogP contribution >= 0.6 is 0 Å². The average Bonchev–Trinajstić information content (AvgIpc) is 3.08. The van der Waals surface area contributed by atoms with Gasteiger partial charge in [-0.25, -0.2) is 5.06 Å². The first-order chi connectivity index (χ1) is 11.2. The second kappa shape index (κ2) is 8.62. The highest BCUT2D eigenvalue weighted by atomic mass is 16.5. The summed E-state index contributed by atoms with van der Waals surface area (Å²) in [5.74, 6) is -0.359. The Kier molecular flexibility index (Phi) is 6.52. The van der Waals surface area contributed by atoms with Crippen LogP contribution in [-0.4, -0.2) is 45.6 Å². The summed E-state index contributed by atoms with van der Waals surface area (Å²) in [5, 5.41) is 10.1. The van der Waals surface area contributed by atoms with Crippen molar-refractivity contribution in [1.82, 2.24) is 14.9 Å². The Morgan fingerprint density at radius 2 is 2.39 bits per heavy atom. The van der Waals surface area contributed by atoms with Gasteiger partial charge in [-0.2, -0.15) is 0 Å². The summed E-state index contributed by atoms with van der Waals surface area (Å²) in [7, 11) is 0. The summed E-state index contributed by atoms with van der Waals surface area (Å²) in [6, 6.07) is 5.74. The molecule has 1 N–H and O–H groups in total. The Morgan fingerprint density at radius 1 is 1.57 bits per heavy atom. The molecule has 0 spiro atoms. The van der Waals surface area contributed by atoms with Crippen LogP contribution in [0.3, 0.4) is 0 Å². The molecule has 126 valence electrons. The Labute approximate surface area is 137 Å². The maximum absolute atomic E-state index is 12.9. The van der Waals surface area contributed by atoms with Gasteiger partial charge < -0.3 is 4.90 Å². The van der Waals surface area contributed by atoms with Crippen LogP contribution in [0.5, 0.6) is 0 Å². The molecule has 1 saturated heterocycles. The van der Waals surface area contributed by atoms with Gasteiger partial charge in [0.25, 0.3) is 0 Å². The molecule has 2 heterocycles. The van der Waals surface area contributed by atoms with Gasteiger partial charge in [-0.15, -0.1) is 0 Å². The lowest BCUT2D eigenvalue weighted by Crippen LogP contribution is -2.40. The number of rotatable bonds is 8. The van der Waals surface area contributed by atoms with Crippen molar-refractivity contribution in [2.24, 2.45) is 5.92 Å². The van der Waals surface area contributed by atoms with E-state index in [4.69, 9.17) is 0 Å². The average molecular weight is 319 g/mol.